The van der Waals surface area contributed by atoms with E-state index in [0.717, 1.165) is 51.6 Å². The Morgan fingerprint density at radius 2 is 2.19 bits per heavy atom. The Hall–Kier alpha value is -2.34. The zero-order valence-corrected chi connectivity index (χ0v) is 16.5. The summed E-state index contributed by atoms with van der Waals surface area (Å²) < 4.78 is 7.91. The van der Waals surface area contributed by atoms with Crippen molar-refractivity contribution in [2.45, 2.75) is 32.9 Å². The maximum atomic E-state index is 5.92. The first-order valence-corrected chi connectivity index (χ1v) is 9.81. The summed E-state index contributed by atoms with van der Waals surface area (Å²) in [6, 6.07) is 10.4. The molecule has 0 bridgehead atoms. The summed E-state index contributed by atoms with van der Waals surface area (Å²) in [5.74, 6) is 1.57. The van der Waals surface area contributed by atoms with Crippen molar-refractivity contribution in [2.75, 3.05) is 33.3 Å². The number of likely N-dealkylation sites (tertiary alicyclic amines) is 1. The third-order valence-corrected chi connectivity index (χ3v) is 4.87. The molecule has 0 amide bonds. The van der Waals surface area contributed by atoms with Crippen LogP contribution in [0.2, 0.25) is 0 Å². The van der Waals surface area contributed by atoms with E-state index in [9.17, 15) is 0 Å². The van der Waals surface area contributed by atoms with Gasteiger partial charge in [0.25, 0.3) is 0 Å². The van der Waals surface area contributed by atoms with Gasteiger partial charge in [-0.15, -0.1) is 0 Å². The molecule has 1 unspecified atom stereocenters. The SMILES string of the molecule is CN=C(NCCCn1cc(C)cn1)N1CCC(COCc2ccccc2)C1. The van der Waals surface area contributed by atoms with E-state index in [1.807, 2.05) is 24.0 Å². The van der Waals surface area contributed by atoms with E-state index < -0.39 is 0 Å². The summed E-state index contributed by atoms with van der Waals surface area (Å²) in [5, 5.41) is 7.81. The van der Waals surface area contributed by atoms with Crippen LogP contribution in [0.4, 0.5) is 0 Å². The fourth-order valence-electron chi connectivity index (χ4n) is 3.44. The van der Waals surface area contributed by atoms with Crippen LogP contribution < -0.4 is 5.32 Å². The second kappa shape index (κ2) is 10.1. The van der Waals surface area contributed by atoms with Gasteiger partial charge in [-0.3, -0.25) is 9.67 Å². The van der Waals surface area contributed by atoms with E-state index in [2.05, 4.69) is 57.7 Å². The quantitative estimate of drug-likeness (QED) is 0.442. The molecule has 146 valence electrons. The molecule has 0 radical (unpaired) electrons. The van der Waals surface area contributed by atoms with Crippen molar-refractivity contribution in [3.05, 3.63) is 53.9 Å². The number of aliphatic imine (C=N–C) groups is 1. The average Bonchev–Trinajstić information content (AvgIpc) is 3.32. The fourth-order valence-corrected chi connectivity index (χ4v) is 3.44. The van der Waals surface area contributed by atoms with Gasteiger partial charge in [-0.2, -0.15) is 5.10 Å². The summed E-state index contributed by atoms with van der Waals surface area (Å²) in [6.07, 6.45) is 6.16. The Kier molecular flexibility index (Phi) is 7.27. The molecule has 1 aliphatic rings. The standard InChI is InChI=1S/C21H31N5O/c1-18-13-24-26(14-18)11-6-10-23-21(22-2)25-12-9-20(15-25)17-27-16-19-7-4-3-5-8-19/h3-5,7-8,13-14,20H,6,9-12,15-17H2,1-2H3,(H,22,23). The minimum absolute atomic E-state index is 0.569. The van der Waals surface area contributed by atoms with E-state index in [4.69, 9.17) is 4.74 Å². The van der Waals surface area contributed by atoms with Gasteiger partial charge in [-0.05, 0) is 30.9 Å². The monoisotopic (exact) mass is 369 g/mol. The molecule has 1 atom stereocenters. The Morgan fingerprint density at radius 3 is 2.93 bits per heavy atom. The highest BCUT2D eigenvalue weighted by atomic mass is 16.5. The summed E-state index contributed by atoms with van der Waals surface area (Å²) in [4.78, 5) is 6.79. The number of benzene rings is 1. The van der Waals surface area contributed by atoms with E-state index in [-0.39, 0.29) is 0 Å². The first-order valence-electron chi connectivity index (χ1n) is 9.81. The van der Waals surface area contributed by atoms with Crippen LogP contribution in [-0.4, -0.2) is 53.9 Å². The third kappa shape index (κ3) is 6.10. The number of nitrogens with zero attached hydrogens (tertiary/aromatic N) is 4. The molecule has 2 heterocycles. The van der Waals surface area contributed by atoms with Gasteiger partial charge in [0.1, 0.15) is 0 Å². The molecule has 27 heavy (non-hydrogen) atoms. The number of aromatic nitrogens is 2. The minimum atomic E-state index is 0.569. The van der Waals surface area contributed by atoms with Crippen molar-refractivity contribution in [2.24, 2.45) is 10.9 Å². The van der Waals surface area contributed by atoms with Gasteiger partial charge in [-0.1, -0.05) is 30.3 Å². The van der Waals surface area contributed by atoms with Gasteiger partial charge in [0.05, 0.1) is 19.4 Å². The predicted octanol–water partition coefficient (Wildman–Crippen LogP) is 2.70. The number of hydrogen-bond acceptors (Lipinski definition) is 3. The Morgan fingerprint density at radius 1 is 1.33 bits per heavy atom. The molecule has 2 aromatic rings. The number of nitrogens with one attached hydrogen (secondary N) is 1. The topological polar surface area (TPSA) is 54.7 Å². The van der Waals surface area contributed by atoms with Crippen LogP contribution in [0.15, 0.2) is 47.7 Å². The Labute approximate surface area is 162 Å². The number of hydrogen-bond donors (Lipinski definition) is 1. The van der Waals surface area contributed by atoms with Crippen LogP contribution in [0.3, 0.4) is 0 Å². The second-order valence-electron chi connectivity index (χ2n) is 7.21. The van der Waals surface area contributed by atoms with Crippen molar-refractivity contribution >= 4 is 5.96 Å². The summed E-state index contributed by atoms with van der Waals surface area (Å²) in [5.41, 5.74) is 2.44. The maximum Gasteiger partial charge on any atom is 0.193 e. The molecule has 1 aliphatic heterocycles. The summed E-state index contributed by atoms with van der Waals surface area (Å²) in [7, 11) is 1.86. The van der Waals surface area contributed by atoms with E-state index in [1.54, 1.807) is 0 Å². The number of aryl methyl sites for hydroxylation is 2. The molecule has 0 saturated carbocycles. The largest absolute Gasteiger partial charge is 0.376 e. The van der Waals surface area contributed by atoms with E-state index in [0.29, 0.717) is 12.5 Å². The molecule has 1 aromatic carbocycles. The normalized spacial score (nSPS) is 17.5. The van der Waals surface area contributed by atoms with Gasteiger partial charge in [0, 0.05) is 45.3 Å². The Bertz CT molecular complexity index is 712. The molecule has 1 N–H and O–H groups in total. The van der Waals surface area contributed by atoms with Gasteiger partial charge in [0.15, 0.2) is 5.96 Å². The predicted molar refractivity (Wildman–Crippen MR) is 109 cm³/mol. The number of guanidine groups is 1. The molecule has 3 rings (SSSR count). The molecule has 6 nitrogen and oxygen atoms in total. The molecule has 1 saturated heterocycles. The highest BCUT2D eigenvalue weighted by molar-refractivity contribution is 5.80. The molecule has 0 aliphatic carbocycles. The lowest BCUT2D eigenvalue weighted by Gasteiger charge is -2.21. The molecule has 1 fully saturated rings. The summed E-state index contributed by atoms with van der Waals surface area (Å²) in [6.45, 7) is 7.43. The lowest BCUT2D eigenvalue weighted by Crippen LogP contribution is -2.40. The van der Waals surface area contributed by atoms with Crippen molar-refractivity contribution in [1.29, 1.82) is 0 Å². The number of ether oxygens (including phenoxy) is 1. The van der Waals surface area contributed by atoms with Crippen molar-refractivity contribution < 1.29 is 4.74 Å². The highest BCUT2D eigenvalue weighted by Gasteiger charge is 2.24. The van der Waals surface area contributed by atoms with Gasteiger partial charge in [-0.25, -0.2) is 0 Å². The lowest BCUT2D eigenvalue weighted by molar-refractivity contribution is 0.0907. The minimum Gasteiger partial charge on any atom is -0.376 e. The molecular formula is C21H31N5O. The molecule has 1 aromatic heterocycles. The average molecular weight is 370 g/mol. The van der Waals surface area contributed by atoms with Crippen LogP contribution in [0.5, 0.6) is 0 Å². The second-order valence-corrected chi connectivity index (χ2v) is 7.21. The maximum absolute atomic E-state index is 5.92. The van der Waals surface area contributed by atoms with Gasteiger partial charge < -0.3 is 15.0 Å². The zero-order chi connectivity index (χ0) is 18.9. The molecule has 0 spiro atoms. The lowest BCUT2D eigenvalue weighted by atomic mass is 10.1. The van der Waals surface area contributed by atoms with Crippen LogP contribution in [-0.2, 0) is 17.9 Å². The van der Waals surface area contributed by atoms with Crippen LogP contribution in [0, 0.1) is 12.8 Å². The smallest absolute Gasteiger partial charge is 0.193 e. The van der Waals surface area contributed by atoms with Crippen molar-refractivity contribution in [1.82, 2.24) is 20.0 Å². The first kappa shape index (κ1) is 19.4. The first-order chi connectivity index (χ1) is 13.2. The van der Waals surface area contributed by atoms with Crippen molar-refractivity contribution in [3.63, 3.8) is 0 Å². The fraction of sp³-hybridized carbons (Fsp3) is 0.524. The highest BCUT2D eigenvalue weighted by Crippen LogP contribution is 2.17. The molecule has 6 heteroatoms. The van der Waals surface area contributed by atoms with E-state index >= 15 is 0 Å². The van der Waals surface area contributed by atoms with Gasteiger partial charge in [0.2, 0.25) is 0 Å². The van der Waals surface area contributed by atoms with Crippen LogP contribution >= 0.6 is 0 Å². The van der Waals surface area contributed by atoms with Crippen LogP contribution in [0.1, 0.15) is 24.0 Å². The van der Waals surface area contributed by atoms with Gasteiger partial charge >= 0.3 is 0 Å². The third-order valence-electron chi connectivity index (χ3n) is 4.87. The van der Waals surface area contributed by atoms with Crippen LogP contribution in [0.25, 0.3) is 0 Å². The summed E-state index contributed by atoms with van der Waals surface area (Å²) >= 11 is 0. The molecular weight excluding hydrogens is 338 g/mol. The van der Waals surface area contributed by atoms with E-state index in [1.165, 1.54) is 11.1 Å². The van der Waals surface area contributed by atoms with Crippen molar-refractivity contribution in [3.8, 4) is 0 Å². The number of rotatable bonds is 8. The Balaban J connectivity index is 1.33. The zero-order valence-electron chi connectivity index (χ0n) is 16.5.